The molecule has 1 aliphatic heterocycles. The van der Waals surface area contributed by atoms with Crippen molar-refractivity contribution in [1.29, 1.82) is 0 Å². The number of ether oxygens (including phenoxy) is 3. The normalized spacial score (nSPS) is 15.0. The van der Waals surface area contributed by atoms with Crippen LogP contribution in [0.25, 0.3) is 0 Å². The molecule has 0 saturated heterocycles. The van der Waals surface area contributed by atoms with E-state index in [0.29, 0.717) is 22.6 Å². The number of methoxy groups -OCH3 is 3. The van der Waals surface area contributed by atoms with Crippen LogP contribution in [-0.2, 0) is 9.53 Å². The van der Waals surface area contributed by atoms with Gasteiger partial charge in [0, 0.05) is 5.56 Å². The Bertz CT molecular complexity index is 1170. The van der Waals surface area contributed by atoms with Crippen LogP contribution in [0.1, 0.15) is 22.0 Å². The Hall–Kier alpha value is -4.21. The van der Waals surface area contributed by atoms with Gasteiger partial charge >= 0.3 is 5.97 Å². The van der Waals surface area contributed by atoms with Crippen molar-refractivity contribution in [3.8, 4) is 11.5 Å². The lowest BCUT2D eigenvalue weighted by atomic mass is 9.89. The third-order valence-electron chi connectivity index (χ3n) is 4.91. The van der Waals surface area contributed by atoms with E-state index in [1.807, 2.05) is 0 Å². The number of fused-ring (bicyclic) bond motifs is 1. The molecule has 0 radical (unpaired) electrons. The van der Waals surface area contributed by atoms with E-state index in [1.165, 1.54) is 26.0 Å². The minimum absolute atomic E-state index is 0.0292. The molecule has 0 fully saturated rings. The highest BCUT2D eigenvalue weighted by molar-refractivity contribution is 6.14. The lowest BCUT2D eigenvalue weighted by Crippen LogP contribution is -2.33. The summed E-state index contributed by atoms with van der Waals surface area (Å²) in [5, 5.41) is 14.5. The Kier molecular flexibility index (Phi) is 5.35. The van der Waals surface area contributed by atoms with Gasteiger partial charge in [-0.25, -0.2) is 4.79 Å². The van der Waals surface area contributed by atoms with Gasteiger partial charge in [-0.15, -0.1) is 0 Å². The average molecular weight is 421 g/mol. The number of benzene rings is 2. The van der Waals surface area contributed by atoms with Crippen LogP contribution in [-0.4, -0.2) is 53.3 Å². The smallest absolute Gasteiger partial charge is 0.355 e. The van der Waals surface area contributed by atoms with Crippen LogP contribution in [0.5, 0.6) is 11.5 Å². The van der Waals surface area contributed by atoms with Crippen molar-refractivity contribution >= 4 is 17.7 Å². The van der Waals surface area contributed by atoms with Crippen LogP contribution in [0.4, 0.5) is 5.95 Å². The van der Waals surface area contributed by atoms with Crippen LogP contribution in [0, 0.1) is 0 Å². The van der Waals surface area contributed by atoms with Crippen LogP contribution in [0.3, 0.4) is 0 Å². The van der Waals surface area contributed by atoms with Crippen LogP contribution in [0.15, 0.2) is 59.8 Å². The van der Waals surface area contributed by atoms with Crippen molar-refractivity contribution in [2.45, 2.75) is 6.04 Å². The molecule has 10 nitrogen and oxygen atoms in total. The van der Waals surface area contributed by atoms with E-state index in [9.17, 15) is 9.59 Å². The van der Waals surface area contributed by atoms with Crippen molar-refractivity contribution in [2.75, 3.05) is 26.6 Å². The van der Waals surface area contributed by atoms with E-state index in [1.54, 1.807) is 48.5 Å². The van der Waals surface area contributed by atoms with Gasteiger partial charge in [-0.2, -0.15) is 4.68 Å². The number of hydrogen-bond donors (Lipinski definition) is 1. The molecule has 31 heavy (non-hydrogen) atoms. The summed E-state index contributed by atoms with van der Waals surface area (Å²) in [5.74, 6) is 0.0998. The number of nitrogens with one attached hydrogen (secondary N) is 1. The number of nitrogens with zero attached hydrogens (tertiary/aromatic N) is 4. The first-order chi connectivity index (χ1) is 15.1. The van der Waals surface area contributed by atoms with Gasteiger partial charge in [0.2, 0.25) is 5.95 Å². The van der Waals surface area contributed by atoms with E-state index < -0.39 is 12.0 Å². The van der Waals surface area contributed by atoms with Gasteiger partial charge < -0.3 is 19.5 Å². The molecule has 3 aromatic rings. The number of Topliss-reactive ketones (excluding diaryl/α,β-unsaturated/α-hetero) is 1. The second-order valence-corrected chi connectivity index (χ2v) is 6.56. The number of anilines is 1. The Labute approximate surface area is 177 Å². The van der Waals surface area contributed by atoms with E-state index in [-0.39, 0.29) is 23.0 Å². The van der Waals surface area contributed by atoms with Gasteiger partial charge in [0.25, 0.3) is 0 Å². The SMILES string of the molecule is COC(=O)C1=C(C(=O)c2ccccc2)[C@@H](c2ccc(OC)c(OC)c2)n2nnnc2N1. The molecule has 1 N–H and O–H groups in total. The maximum absolute atomic E-state index is 13.6. The minimum Gasteiger partial charge on any atom is -0.493 e. The van der Waals surface area contributed by atoms with Gasteiger partial charge in [-0.1, -0.05) is 41.5 Å². The minimum atomic E-state index is -0.812. The fourth-order valence-electron chi connectivity index (χ4n) is 3.46. The molecule has 2 aromatic carbocycles. The first kappa shape index (κ1) is 20.1. The van der Waals surface area contributed by atoms with Gasteiger partial charge in [-0.05, 0) is 28.1 Å². The molecule has 0 amide bonds. The van der Waals surface area contributed by atoms with E-state index >= 15 is 0 Å². The molecular formula is C21H19N5O5. The molecular weight excluding hydrogens is 402 g/mol. The first-order valence-electron chi connectivity index (χ1n) is 9.28. The van der Waals surface area contributed by atoms with Crippen molar-refractivity contribution in [2.24, 2.45) is 0 Å². The second-order valence-electron chi connectivity index (χ2n) is 6.56. The molecule has 2 heterocycles. The van der Waals surface area contributed by atoms with Crippen LogP contribution >= 0.6 is 0 Å². The van der Waals surface area contributed by atoms with Gasteiger partial charge in [0.1, 0.15) is 11.7 Å². The quantitative estimate of drug-likeness (QED) is 0.471. The van der Waals surface area contributed by atoms with Crippen LogP contribution < -0.4 is 14.8 Å². The van der Waals surface area contributed by atoms with E-state index in [0.717, 1.165) is 0 Å². The lowest BCUT2D eigenvalue weighted by molar-refractivity contribution is -0.136. The molecule has 1 atom stereocenters. The highest BCUT2D eigenvalue weighted by Crippen LogP contribution is 2.39. The van der Waals surface area contributed by atoms with Gasteiger partial charge in [-0.3, -0.25) is 4.79 Å². The fraction of sp³-hybridized carbons (Fsp3) is 0.190. The summed E-state index contributed by atoms with van der Waals surface area (Å²) in [4.78, 5) is 26.2. The van der Waals surface area contributed by atoms with Crippen molar-refractivity contribution in [1.82, 2.24) is 20.2 Å². The largest absolute Gasteiger partial charge is 0.493 e. The van der Waals surface area contributed by atoms with Crippen molar-refractivity contribution in [3.05, 3.63) is 70.9 Å². The summed E-state index contributed by atoms with van der Waals surface area (Å²) >= 11 is 0. The van der Waals surface area contributed by atoms with E-state index in [4.69, 9.17) is 14.2 Å². The second kappa shape index (κ2) is 8.27. The standard InChI is InChI=1S/C21H19N5O5/c1-29-14-10-9-13(11-15(14)30-2)18-16(19(27)12-7-5-4-6-8-12)17(20(28)31-3)22-21-23-24-25-26(18)21/h4-11,18H,1-3H3,(H,22,23,25)/t18-/m1/s1. The average Bonchev–Trinajstić information content (AvgIpc) is 3.30. The van der Waals surface area contributed by atoms with Crippen molar-refractivity contribution < 1.29 is 23.8 Å². The monoisotopic (exact) mass is 421 g/mol. The Morgan fingerprint density at radius 2 is 1.74 bits per heavy atom. The third kappa shape index (κ3) is 3.48. The zero-order chi connectivity index (χ0) is 22.0. The molecule has 158 valence electrons. The molecule has 0 unspecified atom stereocenters. The summed E-state index contributed by atoms with van der Waals surface area (Å²) < 4.78 is 17.1. The zero-order valence-corrected chi connectivity index (χ0v) is 17.0. The van der Waals surface area contributed by atoms with E-state index in [2.05, 4.69) is 20.8 Å². The summed E-state index contributed by atoms with van der Waals surface area (Å²) in [5.41, 5.74) is 1.14. The molecule has 1 aliphatic rings. The molecule has 1 aromatic heterocycles. The number of ketones is 1. The molecule has 0 bridgehead atoms. The predicted octanol–water partition coefficient (Wildman–Crippen LogP) is 2.02. The highest BCUT2D eigenvalue weighted by atomic mass is 16.5. The number of hydrogen-bond acceptors (Lipinski definition) is 9. The summed E-state index contributed by atoms with van der Waals surface area (Å²) in [6, 6.07) is 13.0. The molecule has 0 spiro atoms. The number of carbonyl (C=O) groups is 2. The van der Waals surface area contributed by atoms with Gasteiger partial charge in [0.05, 0.1) is 26.9 Å². The number of esters is 1. The summed E-state index contributed by atoms with van der Waals surface area (Å²) in [7, 11) is 4.28. The number of aromatic nitrogens is 4. The lowest BCUT2D eigenvalue weighted by Gasteiger charge is -2.28. The molecule has 0 aliphatic carbocycles. The Morgan fingerprint density at radius 3 is 2.42 bits per heavy atom. The van der Waals surface area contributed by atoms with Crippen LogP contribution in [0.2, 0.25) is 0 Å². The maximum atomic E-state index is 13.6. The maximum Gasteiger partial charge on any atom is 0.355 e. The number of allylic oxidation sites excluding steroid dienone is 1. The number of tetrazole rings is 1. The Morgan fingerprint density at radius 1 is 1.00 bits per heavy atom. The topological polar surface area (TPSA) is 117 Å². The zero-order valence-electron chi connectivity index (χ0n) is 17.0. The predicted molar refractivity (Wildman–Crippen MR) is 109 cm³/mol. The summed E-state index contributed by atoms with van der Waals surface area (Å²) in [6.07, 6.45) is 0. The molecule has 10 heteroatoms. The first-order valence-corrected chi connectivity index (χ1v) is 9.28. The summed E-state index contributed by atoms with van der Waals surface area (Å²) in [6.45, 7) is 0. The highest BCUT2D eigenvalue weighted by Gasteiger charge is 2.38. The number of rotatable bonds is 6. The third-order valence-corrected chi connectivity index (χ3v) is 4.91. The van der Waals surface area contributed by atoms with Crippen molar-refractivity contribution in [3.63, 3.8) is 0 Å². The molecule has 4 rings (SSSR count). The van der Waals surface area contributed by atoms with Gasteiger partial charge in [0.15, 0.2) is 17.3 Å². The number of carbonyl (C=O) groups excluding carboxylic acids is 2. The molecule has 0 saturated carbocycles. The fourth-order valence-corrected chi connectivity index (χ4v) is 3.46. The Balaban J connectivity index is 1.96.